The standard InChI is InChI=1S/C20H20N2O6S2/c1-14-13-29-19(28-20(23)21-24)18(14)22(12-15-6-4-3-5-7-15)30(25,26)17-10-8-16(27-2)9-11-17/h3-11,13,24H,12H2,1-2H3,(H,21,23). The highest BCUT2D eigenvalue weighted by molar-refractivity contribution is 7.92. The molecule has 30 heavy (non-hydrogen) atoms. The van der Waals surface area contributed by atoms with Crippen molar-refractivity contribution in [1.29, 1.82) is 0 Å². The van der Waals surface area contributed by atoms with E-state index < -0.39 is 16.1 Å². The normalized spacial score (nSPS) is 11.0. The number of hydroxylamine groups is 1. The summed E-state index contributed by atoms with van der Waals surface area (Å²) >= 11 is 1.06. The van der Waals surface area contributed by atoms with Crippen LogP contribution in [0.2, 0.25) is 0 Å². The molecule has 0 saturated carbocycles. The third kappa shape index (κ3) is 4.56. The largest absolute Gasteiger partial charge is 0.497 e. The summed E-state index contributed by atoms with van der Waals surface area (Å²) in [6.45, 7) is 1.74. The van der Waals surface area contributed by atoms with Gasteiger partial charge in [0.25, 0.3) is 10.0 Å². The van der Waals surface area contributed by atoms with Crippen LogP contribution in [0.25, 0.3) is 0 Å². The minimum atomic E-state index is -4.02. The molecule has 0 aliphatic carbocycles. The molecule has 0 spiro atoms. The molecule has 0 radical (unpaired) electrons. The molecule has 0 unspecified atom stereocenters. The molecular weight excluding hydrogens is 428 g/mol. The molecule has 1 amide bonds. The number of benzene rings is 2. The Hall–Kier alpha value is -3.08. The zero-order valence-corrected chi connectivity index (χ0v) is 17.9. The summed E-state index contributed by atoms with van der Waals surface area (Å²) in [5.41, 5.74) is 2.96. The van der Waals surface area contributed by atoms with E-state index in [1.807, 2.05) is 18.2 Å². The first-order chi connectivity index (χ1) is 14.4. The fourth-order valence-electron chi connectivity index (χ4n) is 2.80. The number of carbonyl (C=O) groups is 1. The predicted molar refractivity (Wildman–Crippen MR) is 113 cm³/mol. The van der Waals surface area contributed by atoms with E-state index in [0.717, 1.165) is 16.9 Å². The van der Waals surface area contributed by atoms with Crippen molar-refractivity contribution in [3.8, 4) is 10.8 Å². The Morgan fingerprint density at radius 3 is 2.40 bits per heavy atom. The number of amides is 1. The van der Waals surface area contributed by atoms with E-state index in [4.69, 9.17) is 14.7 Å². The average Bonchev–Trinajstić information content (AvgIpc) is 3.12. The van der Waals surface area contributed by atoms with Gasteiger partial charge in [-0.25, -0.2) is 18.7 Å². The molecule has 1 heterocycles. The minimum absolute atomic E-state index is 0.0177. The van der Waals surface area contributed by atoms with Gasteiger partial charge in [-0.15, -0.1) is 11.3 Å². The zero-order valence-electron chi connectivity index (χ0n) is 16.2. The van der Waals surface area contributed by atoms with Crippen LogP contribution in [-0.2, 0) is 16.6 Å². The molecule has 3 aromatic rings. The van der Waals surface area contributed by atoms with Crippen molar-refractivity contribution in [3.63, 3.8) is 0 Å². The summed E-state index contributed by atoms with van der Waals surface area (Å²) in [5.74, 6) is 0.527. The number of hydrogen-bond acceptors (Lipinski definition) is 7. The summed E-state index contributed by atoms with van der Waals surface area (Å²) in [6, 6.07) is 15.1. The van der Waals surface area contributed by atoms with E-state index in [9.17, 15) is 13.2 Å². The summed E-state index contributed by atoms with van der Waals surface area (Å²) in [4.78, 5) is 11.6. The van der Waals surface area contributed by atoms with Crippen LogP contribution < -0.4 is 19.3 Å². The first kappa shape index (κ1) is 21.6. The summed E-state index contributed by atoms with van der Waals surface area (Å²) in [6.07, 6.45) is -1.11. The van der Waals surface area contributed by atoms with Gasteiger partial charge in [-0.05, 0) is 47.7 Å². The van der Waals surface area contributed by atoms with Gasteiger partial charge in [-0.3, -0.25) is 9.51 Å². The second-order valence-electron chi connectivity index (χ2n) is 6.23. The number of thiophene rings is 1. The van der Waals surface area contributed by atoms with E-state index >= 15 is 0 Å². The highest BCUT2D eigenvalue weighted by Crippen LogP contribution is 2.42. The van der Waals surface area contributed by atoms with E-state index in [-0.39, 0.29) is 22.2 Å². The number of rotatable bonds is 7. The van der Waals surface area contributed by atoms with Crippen molar-refractivity contribution in [1.82, 2.24) is 5.48 Å². The second-order valence-corrected chi connectivity index (χ2v) is 8.93. The molecule has 0 aliphatic heterocycles. The number of methoxy groups -OCH3 is 1. The van der Waals surface area contributed by atoms with Gasteiger partial charge < -0.3 is 9.47 Å². The third-order valence-corrected chi connectivity index (χ3v) is 6.97. The topological polar surface area (TPSA) is 105 Å². The first-order valence-electron chi connectivity index (χ1n) is 8.77. The van der Waals surface area contributed by atoms with Crippen molar-refractivity contribution in [2.75, 3.05) is 11.4 Å². The number of nitrogens with one attached hydrogen (secondary N) is 1. The molecule has 8 nitrogen and oxygen atoms in total. The van der Waals surface area contributed by atoms with Gasteiger partial charge in [0.05, 0.1) is 18.6 Å². The monoisotopic (exact) mass is 448 g/mol. The van der Waals surface area contributed by atoms with Gasteiger partial charge >= 0.3 is 6.09 Å². The molecule has 3 rings (SSSR count). The Labute approximate surface area is 178 Å². The third-order valence-electron chi connectivity index (χ3n) is 4.25. The van der Waals surface area contributed by atoms with Crippen LogP contribution in [0.15, 0.2) is 64.9 Å². The van der Waals surface area contributed by atoms with Crippen LogP contribution >= 0.6 is 11.3 Å². The van der Waals surface area contributed by atoms with Crippen molar-refractivity contribution in [2.24, 2.45) is 0 Å². The molecule has 0 bridgehead atoms. The van der Waals surface area contributed by atoms with Crippen LogP contribution in [0.3, 0.4) is 0 Å². The number of ether oxygens (including phenoxy) is 2. The van der Waals surface area contributed by atoms with E-state index in [0.29, 0.717) is 11.3 Å². The Morgan fingerprint density at radius 1 is 1.13 bits per heavy atom. The average molecular weight is 449 g/mol. The summed E-state index contributed by atoms with van der Waals surface area (Å²) in [7, 11) is -2.53. The summed E-state index contributed by atoms with van der Waals surface area (Å²) < 4.78 is 38.6. The van der Waals surface area contributed by atoms with Gasteiger partial charge in [0.15, 0.2) is 0 Å². The Bertz CT molecular complexity index is 1110. The van der Waals surface area contributed by atoms with Crippen LogP contribution in [0, 0.1) is 6.92 Å². The fourth-order valence-corrected chi connectivity index (χ4v) is 5.28. The molecule has 2 aromatic carbocycles. The lowest BCUT2D eigenvalue weighted by Crippen LogP contribution is -2.32. The number of carbonyl (C=O) groups excluding carboxylic acids is 1. The van der Waals surface area contributed by atoms with E-state index in [1.54, 1.807) is 36.6 Å². The van der Waals surface area contributed by atoms with Crippen LogP contribution in [-0.4, -0.2) is 26.8 Å². The van der Waals surface area contributed by atoms with Crippen LogP contribution in [0.5, 0.6) is 10.8 Å². The number of anilines is 1. The molecular formula is C20H20N2O6S2. The van der Waals surface area contributed by atoms with Gasteiger partial charge in [0, 0.05) is 0 Å². The highest BCUT2D eigenvalue weighted by Gasteiger charge is 2.31. The lowest BCUT2D eigenvalue weighted by molar-refractivity contribution is 0.129. The molecule has 0 saturated heterocycles. The lowest BCUT2D eigenvalue weighted by Gasteiger charge is -2.25. The maximum atomic E-state index is 13.6. The van der Waals surface area contributed by atoms with Gasteiger partial charge in [0.1, 0.15) is 11.4 Å². The molecule has 158 valence electrons. The zero-order chi connectivity index (χ0) is 21.7. The van der Waals surface area contributed by atoms with E-state index in [1.165, 1.54) is 29.0 Å². The van der Waals surface area contributed by atoms with Crippen LogP contribution in [0.4, 0.5) is 10.5 Å². The Morgan fingerprint density at radius 2 is 1.80 bits per heavy atom. The van der Waals surface area contributed by atoms with E-state index in [2.05, 4.69) is 0 Å². The number of sulfonamides is 1. The Kier molecular flexibility index (Phi) is 6.60. The maximum absolute atomic E-state index is 13.6. The SMILES string of the molecule is COc1ccc(S(=O)(=O)N(Cc2ccccc2)c2c(C)csc2OC(=O)NO)cc1. The van der Waals surface area contributed by atoms with Gasteiger partial charge in [0.2, 0.25) is 5.06 Å². The van der Waals surface area contributed by atoms with Crippen molar-refractivity contribution in [2.45, 2.75) is 18.4 Å². The number of nitrogens with zero attached hydrogens (tertiary/aromatic N) is 1. The Balaban J connectivity index is 2.12. The smallest absolute Gasteiger partial charge is 0.437 e. The number of aryl methyl sites for hydroxylation is 1. The van der Waals surface area contributed by atoms with Gasteiger partial charge in [-0.2, -0.15) is 0 Å². The van der Waals surface area contributed by atoms with Crippen molar-refractivity contribution in [3.05, 3.63) is 71.1 Å². The molecule has 10 heteroatoms. The fraction of sp³-hybridized carbons (Fsp3) is 0.150. The molecule has 0 atom stereocenters. The molecule has 0 fully saturated rings. The van der Waals surface area contributed by atoms with Crippen molar-refractivity contribution < 1.29 is 27.9 Å². The van der Waals surface area contributed by atoms with Gasteiger partial charge in [-0.1, -0.05) is 30.3 Å². The minimum Gasteiger partial charge on any atom is -0.497 e. The quantitative estimate of drug-likeness (QED) is 0.419. The summed E-state index contributed by atoms with van der Waals surface area (Å²) in [5, 5.41) is 10.5. The molecule has 0 aliphatic rings. The first-order valence-corrected chi connectivity index (χ1v) is 11.1. The van der Waals surface area contributed by atoms with Crippen LogP contribution in [0.1, 0.15) is 11.1 Å². The molecule has 1 aromatic heterocycles. The predicted octanol–water partition coefficient (Wildman–Crippen LogP) is 3.94. The lowest BCUT2D eigenvalue weighted by atomic mass is 10.2. The second kappa shape index (κ2) is 9.16. The molecule has 2 N–H and O–H groups in total. The number of hydrogen-bond donors (Lipinski definition) is 2. The maximum Gasteiger partial charge on any atom is 0.437 e. The highest BCUT2D eigenvalue weighted by atomic mass is 32.2. The van der Waals surface area contributed by atoms with Crippen molar-refractivity contribution >= 4 is 33.1 Å².